The molecule has 1 heterocycles. The van der Waals surface area contributed by atoms with Gasteiger partial charge in [-0.25, -0.2) is 9.78 Å². The van der Waals surface area contributed by atoms with Crippen LogP contribution in [0.25, 0.3) is 5.69 Å². The number of benzene rings is 3. The molecule has 0 saturated heterocycles. The summed E-state index contributed by atoms with van der Waals surface area (Å²) < 4.78 is 18.0. The van der Waals surface area contributed by atoms with E-state index in [1.807, 2.05) is 107 Å². The molecule has 1 aromatic heterocycles. The molecule has 0 radical (unpaired) electrons. The van der Waals surface area contributed by atoms with Crippen molar-refractivity contribution in [1.82, 2.24) is 9.55 Å². The highest BCUT2D eigenvalue weighted by atomic mass is 79.9. The minimum Gasteiger partial charge on any atom is -0.497 e. The summed E-state index contributed by atoms with van der Waals surface area (Å²) >= 11 is 3.50. The van der Waals surface area contributed by atoms with E-state index in [1.54, 1.807) is 14.2 Å². The van der Waals surface area contributed by atoms with E-state index in [2.05, 4.69) is 34.8 Å². The fourth-order valence-electron chi connectivity index (χ4n) is 4.52. The van der Waals surface area contributed by atoms with Crippen molar-refractivity contribution in [2.45, 2.75) is 74.9 Å². The van der Waals surface area contributed by atoms with Gasteiger partial charge >= 0.3 is 5.97 Å². The van der Waals surface area contributed by atoms with Crippen LogP contribution in [-0.4, -0.2) is 36.8 Å². The molecule has 0 spiro atoms. The first-order valence-corrected chi connectivity index (χ1v) is 16.4. The summed E-state index contributed by atoms with van der Waals surface area (Å²) in [5.74, 6) is 0.953. The minimum atomic E-state index is -0.751. The number of hydrogen-bond acceptors (Lipinski definition) is 7. The third kappa shape index (κ3) is 10.8. The van der Waals surface area contributed by atoms with E-state index in [4.69, 9.17) is 14.2 Å². The van der Waals surface area contributed by atoms with Crippen molar-refractivity contribution in [2.75, 3.05) is 26.2 Å². The summed E-state index contributed by atoms with van der Waals surface area (Å²) in [6.07, 6.45) is 2.72. The maximum Gasteiger partial charge on any atom is 0.347 e. The van der Waals surface area contributed by atoms with E-state index < -0.39 is 11.5 Å². The van der Waals surface area contributed by atoms with Gasteiger partial charge in [0.05, 0.1) is 27.0 Å². The molecular weight excluding hydrogens is 646 g/mol. The van der Waals surface area contributed by atoms with Gasteiger partial charge in [0.25, 0.3) is 5.56 Å². The molecule has 4 aromatic rings. The standard InChI is InChI=1S/C30H30BrN3O5.C3H8.2C2H6/c1-19-14-23(31)15-20(2)27(19)34-18-32-28(26(29(34)35)30(36)39-5)33(16-21-6-10-24(37-3)11-7-21)17-22-8-12-25(38-4)13-9-22;1-3-2;2*1-2/h6-15,18H,16-17H2,1-5H3;3H2,1-2H3;2*1-2H3. The lowest BCUT2D eigenvalue weighted by molar-refractivity contribution is 0.0598. The molecular formula is C37H50BrN3O5. The van der Waals surface area contributed by atoms with Gasteiger partial charge in [0.2, 0.25) is 0 Å². The van der Waals surface area contributed by atoms with E-state index in [1.165, 1.54) is 24.4 Å². The van der Waals surface area contributed by atoms with Gasteiger partial charge in [-0.1, -0.05) is 88.2 Å². The van der Waals surface area contributed by atoms with Gasteiger partial charge < -0.3 is 19.1 Å². The number of carbonyl (C=O) groups excluding carboxylic acids is 1. The fraction of sp³-hybridized carbons (Fsp3) is 0.378. The van der Waals surface area contributed by atoms with Crippen LogP contribution in [0.2, 0.25) is 0 Å². The van der Waals surface area contributed by atoms with Crippen LogP contribution in [0.15, 0.2) is 76.3 Å². The third-order valence-electron chi connectivity index (χ3n) is 6.40. The lowest BCUT2D eigenvalue weighted by Crippen LogP contribution is -2.33. The molecule has 9 heteroatoms. The van der Waals surface area contributed by atoms with Gasteiger partial charge in [0.15, 0.2) is 11.4 Å². The second kappa shape index (κ2) is 20.8. The molecule has 3 aromatic carbocycles. The molecule has 0 amide bonds. The molecule has 0 aliphatic heterocycles. The summed E-state index contributed by atoms with van der Waals surface area (Å²) in [5, 5.41) is 0. The number of methoxy groups -OCH3 is 3. The topological polar surface area (TPSA) is 82.9 Å². The average molecular weight is 697 g/mol. The number of aryl methyl sites for hydroxylation is 2. The quantitative estimate of drug-likeness (QED) is 0.162. The smallest absolute Gasteiger partial charge is 0.347 e. The monoisotopic (exact) mass is 695 g/mol. The average Bonchev–Trinajstić information content (AvgIpc) is 3.07. The van der Waals surface area contributed by atoms with Gasteiger partial charge in [-0.05, 0) is 72.5 Å². The maximum absolute atomic E-state index is 13.9. The van der Waals surface area contributed by atoms with Gasteiger partial charge in [-0.3, -0.25) is 9.36 Å². The Balaban J connectivity index is 0.00000140. The highest BCUT2D eigenvalue weighted by Crippen LogP contribution is 2.26. The number of anilines is 1. The first-order valence-electron chi connectivity index (χ1n) is 15.6. The Bertz CT molecular complexity index is 1480. The number of halogens is 1. The Hall–Kier alpha value is -4.11. The molecule has 8 nitrogen and oxygen atoms in total. The molecule has 0 N–H and O–H groups in total. The van der Waals surface area contributed by atoms with Crippen LogP contribution >= 0.6 is 15.9 Å². The first kappa shape index (κ1) is 39.9. The minimum absolute atomic E-state index is 0.135. The molecule has 0 bridgehead atoms. The van der Waals surface area contributed by atoms with Gasteiger partial charge in [0.1, 0.15) is 17.8 Å². The Labute approximate surface area is 283 Å². The SMILES string of the molecule is CC.CC.CCC.COC(=O)c1c(N(Cc2ccc(OC)cc2)Cc2ccc(OC)cc2)ncn(-c2c(C)cc(Br)cc2C)c1=O. The van der Waals surface area contributed by atoms with Crippen LogP contribution in [0.1, 0.15) is 80.6 Å². The van der Waals surface area contributed by atoms with Crippen molar-refractivity contribution in [1.29, 1.82) is 0 Å². The summed E-state index contributed by atoms with van der Waals surface area (Å²) in [6, 6.07) is 19.1. The normalized spacial score (nSPS) is 9.74. The third-order valence-corrected chi connectivity index (χ3v) is 6.86. The molecule has 4 rings (SSSR count). The van der Waals surface area contributed by atoms with Crippen molar-refractivity contribution in [3.05, 3.63) is 110 Å². The predicted molar refractivity (Wildman–Crippen MR) is 193 cm³/mol. The van der Waals surface area contributed by atoms with Crippen molar-refractivity contribution in [3.63, 3.8) is 0 Å². The number of aromatic nitrogens is 2. The number of esters is 1. The second-order valence-electron chi connectivity index (χ2n) is 9.76. The van der Waals surface area contributed by atoms with Crippen LogP contribution < -0.4 is 19.9 Å². The Morgan fingerprint density at radius 1 is 0.804 bits per heavy atom. The fourth-order valence-corrected chi connectivity index (χ4v) is 5.20. The van der Waals surface area contributed by atoms with Crippen LogP contribution in [0, 0.1) is 13.8 Å². The molecule has 250 valence electrons. The zero-order valence-electron chi connectivity index (χ0n) is 29.2. The highest BCUT2D eigenvalue weighted by Gasteiger charge is 2.26. The molecule has 0 atom stereocenters. The van der Waals surface area contributed by atoms with Crippen molar-refractivity contribution >= 4 is 27.7 Å². The number of ether oxygens (including phenoxy) is 3. The molecule has 0 aliphatic rings. The van der Waals surface area contributed by atoms with Crippen molar-refractivity contribution < 1.29 is 19.0 Å². The molecule has 0 aliphatic carbocycles. The number of rotatable bonds is 9. The zero-order chi connectivity index (χ0) is 34.8. The van der Waals surface area contributed by atoms with Gasteiger partial charge in [-0.2, -0.15) is 0 Å². The van der Waals surface area contributed by atoms with Crippen molar-refractivity contribution in [3.8, 4) is 17.2 Å². The molecule has 0 fully saturated rings. The van der Waals surface area contributed by atoms with Crippen LogP contribution in [0.3, 0.4) is 0 Å². The Kier molecular flexibility index (Phi) is 18.1. The Morgan fingerprint density at radius 2 is 1.22 bits per heavy atom. The lowest BCUT2D eigenvalue weighted by Gasteiger charge is -2.26. The number of hydrogen-bond donors (Lipinski definition) is 0. The Morgan fingerprint density at radius 3 is 1.59 bits per heavy atom. The number of nitrogens with zero attached hydrogens (tertiary/aromatic N) is 3. The lowest BCUT2D eigenvalue weighted by atomic mass is 10.1. The second-order valence-corrected chi connectivity index (χ2v) is 10.7. The molecule has 46 heavy (non-hydrogen) atoms. The summed E-state index contributed by atoms with van der Waals surface area (Å²) in [7, 11) is 4.49. The van der Waals surface area contributed by atoms with Gasteiger partial charge in [0, 0.05) is 17.6 Å². The molecule has 0 saturated carbocycles. The van der Waals surface area contributed by atoms with Gasteiger partial charge in [-0.15, -0.1) is 0 Å². The van der Waals surface area contributed by atoms with Crippen LogP contribution in [-0.2, 0) is 17.8 Å². The van der Waals surface area contributed by atoms with E-state index >= 15 is 0 Å². The predicted octanol–water partition coefficient (Wildman–Crippen LogP) is 9.09. The van der Waals surface area contributed by atoms with Crippen molar-refractivity contribution in [2.24, 2.45) is 0 Å². The van der Waals surface area contributed by atoms with E-state index in [-0.39, 0.29) is 11.4 Å². The van der Waals surface area contributed by atoms with Crippen LogP contribution in [0.5, 0.6) is 11.5 Å². The highest BCUT2D eigenvalue weighted by molar-refractivity contribution is 9.10. The molecule has 0 unspecified atom stereocenters. The summed E-state index contributed by atoms with van der Waals surface area (Å²) in [4.78, 5) is 33.6. The number of carbonyl (C=O) groups is 1. The van der Waals surface area contributed by atoms with E-state index in [9.17, 15) is 9.59 Å². The largest absolute Gasteiger partial charge is 0.497 e. The van der Waals surface area contributed by atoms with Crippen LogP contribution in [0.4, 0.5) is 5.82 Å². The van der Waals surface area contributed by atoms with E-state index in [0.717, 1.165) is 38.2 Å². The zero-order valence-corrected chi connectivity index (χ0v) is 30.8. The van der Waals surface area contributed by atoms with E-state index in [0.29, 0.717) is 18.8 Å². The summed E-state index contributed by atoms with van der Waals surface area (Å²) in [5.41, 5.74) is 3.66. The first-order chi connectivity index (χ1) is 22.2. The summed E-state index contributed by atoms with van der Waals surface area (Å²) in [6.45, 7) is 16.8. The maximum atomic E-state index is 13.9.